The highest BCUT2D eigenvalue weighted by atomic mass is 16.5. The Hall–Kier alpha value is -1.05. The van der Waals surface area contributed by atoms with Crippen molar-refractivity contribution >= 4 is 0 Å². The van der Waals surface area contributed by atoms with E-state index >= 15 is 0 Å². The third-order valence-corrected chi connectivity index (χ3v) is 1.80. The molecule has 15 heavy (non-hydrogen) atoms. The van der Waals surface area contributed by atoms with Crippen LogP contribution in [0, 0.1) is 5.92 Å². The number of hydrogen-bond acceptors (Lipinski definition) is 2. The summed E-state index contributed by atoms with van der Waals surface area (Å²) in [6.07, 6.45) is 4.40. The molecule has 0 atom stereocenters. The lowest BCUT2D eigenvalue weighted by molar-refractivity contribution is 0.288. The van der Waals surface area contributed by atoms with E-state index in [1.807, 2.05) is 45.9 Å². The molecule has 0 bridgehead atoms. The first kappa shape index (κ1) is 13.9. The molecule has 0 spiro atoms. The summed E-state index contributed by atoms with van der Waals surface area (Å²) < 4.78 is 5.42. The Bertz CT molecular complexity index is 219. The van der Waals surface area contributed by atoms with E-state index in [1.165, 1.54) is 12.8 Å². The molecule has 2 nitrogen and oxygen atoms in total. The fraction of sp³-hybridized carbons (Fsp3) is 0.615. The van der Waals surface area contributed by atoms with Crippen LogP contribution >= 0.6 is 0 Å². The number of rotatable bonds is 3. The monoisotopic (exact) mass is 209 g/mol. The van der Waals surface area contributed by atoms with Gasteiger partial charge in [-0.05, 0) is 24.8 Å². The van der Waals surface area contributed by atoms with Crippen molar-refractivity contribution in [2.24, 2.45) is 5.92 Å². The molecule has 0 saturated heterocycles. The molecule has 0 N–H and O–H groups in total. The Morgan fingerprint density at radius 1 is 1.20 bits per heavy atom. The number of hydrogen-bond donors (Lipinski definition) is 0. The van der Waals surface area contributed by atoms with Gasteiger partial charge in [-0.15, -0.1) is 0 Å². The van der Waals surface area contributed by atoms with Crippen molar-refractivity contribution in [1.82, 2.24) is 4.98 Å². The Labute approximate surface area is 93.7 Å². The van der Waals surface area contributed by atoms with Crippen LogP contribution in [-0.4, -0.2) is 11.6 Å². The summed E-state index contributed by atoms with van der Waals surface area (Å²) in [5.41, 5.74) is 0. The zero-order chi connectivity index (χ0) is 11.5. The Morgan fingerprint density at radius 3 is 2.33 bits per heavy atom. The second-order valence-corrected chi connectivity index (χ2v) is 2.92. The van der Waals surface area contributed by atoms with E-state index < -0.39 is 0 Å². The number of pyridine rings is 1. The van der Waals surface area contributed by atoms with Crippen LogP contribution in [0.3, 0.4) is 0 Å². The Morgan fingerprint density at radius 2 is 1.87 bits per heavy atom. The average Bonchev–Trinajstić information content (AvgIpc) is 3.17. The molecule has 1 aliphatic carbocycles. The van der Waals surface area contributed by atoms with Gasteiger partial charge in [-0.3, -0.25) is 0 Å². The van der Waals surface area contributed by atoms with Gasteiger partial charge in [-0.2, -0.15) is 0 Å². The van der Waals surface area contributed by atoms with Crippen LogP contribution in [0.15, 0.2) is 24.4 Å². The lowest BCUT2D eigenvalue weighted by Crippen LogP contribution is -1.99. The number of nitrogens with zero attached hydrogens (tertiary/aromatic N) is 1. The van der Waals surface area contributed by atoms with Crippen LogP contribution < -0.4 is 4.74 Å². The third kappa shape index (κ3) is 6.95. The van der Waals surface area contributed by atoms with Crippen LogP contribution in [0.1, 0.15) is 40.5 Å². The van der Waals surface area contributed by atoms with E-state index in [1.54, 1.807) is 6.20 Å². The molecular formula is C13H23NO. The molecule has 86 valence electrons. The van der Waals surface area contributed by atoms with Crippen LogP contribution in [-0.2, 0) is 0 Å². The summed E-state index contributed by atoms with van der Waals surface area (Å²) in [6.45, 7) is 8.84. The van der Waals surface area contributed by atoms with Crippen molar-refractivity contribution in [3.8, 4) is 5.88 Å². The first-order valence-corrected chi connectivity index (χ1v) is 5.99. The maximum Gasteiger partial charge on any atom is 0.213 e. The summed E-state index contributed by atoms with van der Waals surface area (Å²) in [7, 11) is 0. The summed E-state index contributed by atoms with van der Waals surface area (Å²) in [4.78, 5) is 4.06. The van der Waals surface area contributed by atoms with E-state index in [4.69, 9.17) is 4.74 Å². The molecule has 2 rings (SSSR count). The van der Waals surface area contributed by atoms with Gasteiger partial charge < -0.3 is 4.74 Å². The smallest absolute Gasteiger partial charge is 0.213 e. The zero-order valence-corrected chi connectivity index (χ0v) is 10.4. The summed E-state index contributed by atoms with van der Waals surface area (Å²) >= 11 is 0. The molecule has 1 fully saturated rings. The first-order chi connectivity index (χ1) is 7.45. The van der Waals surface area contributed by atoms with Gasteiger partial charge >= 0.3 is 0 Å². The lowest BCUT2D eigenvalue weighted by Gasteiger charge is -2.01. The maximum absolute atomic E-state index is 5.42. The molecule has 0 amide bonds. The zero-order valence-electron chi connectivity index (χ0n) is 10.4. The van der Waals surface area contributed by atoms with Crippen molar-refractivity contribution in [3.63, 3.8) is 0 Å². The minimum absolute atomic E-state index is 0.749. The second kappa shape index (κ2) is 9.50. The van der Waals surface area contributed by atoms with E-state index in [0.29, 0.717) is 0 Å². The summed E-state index contributed by atoms with van der Waals surface area (Å²) in [5, 5.41) is 0. The average molecular weight is 209 g/mol. The van der Waals surface area contributed by atoms with Gasteiger partial charge in [0.1, 0.15) is 0 Å². The highest BCUT2D eigenvalue weighted by molar-refractivity contribution is 5.09. The molecule has 0 unspecified atom stereocenters. The van der Waals surface area contributed by atoms with Crippen molar-refractivity contribution in [1.29, 1.82) is 0 Å². The normalized spacial score (nSPS) is 12.8. The second-order valence-electron chi connectivity index (χ2n) is 2.92. The number of ether oxygens (including phenoxy) is 1. The van der Waals surface area contributed by atoms with Crippen molar-refractivity contribution in [2.45, 2.75) is 40.5 Å². The minimum atomic E-state index is 0.749. The topological polar surface area (TPSA) is 22.1 Å². The van der Waals surface area contributed by atoms with E-state index in [9.17, 15) is 0 Å². The molecule has 1 saturated carbocycles. The highest BCUT2D eigenvalue weighted by Crippen LogP contribution is 2.28. The van der Waals surface area contributed by atoms with Crippen LogP contribution in [0.2, 0.25) is 0 Å². The Balaban J connectivity index is 0.000000442. The molecule has 1 aromatic rings. The first-order valence-electron chi connectivity index (χ1n) is 5.99. The van der Waals surface area contributed by atoms with Gasteiger partial charge in [0.15, 0.2) is 0 Å². The fourth-order valence-electron chi connectivity index (χ4n) is 0.920. The van der Waals surface area contributed by atoms with E-state index in [2.05, 4.69) is 4.98 Å². The third-order valence-electron chi connectivity index (χ3n) is 1.80. The van der Waals surface area contributed by atoms with Crippen molar-refractivity contribution < 1.29 is 4.74 Å². The molecule has 2 heteroatoms. The van der Waals surface area contributed by atoms with Gasteiger partial charge in [-0.25, -0.2) is 4.98 Å². The minimum Gasteiger partial charge on any atom is -0.477 e. The van der Waals surface area contributed by atoms with Crippen LogP contribution in [0.25, 0.3) is 0 Å². The standard InChI is InChI=1S/C9H11NO.2C2H6/c1-2-6-10-9(3-1)11-7-8-4-5-8;2*1-2/h1-3,6,8H,4-5,7H2;2*1-2H3. The van der Waals surface area contributed by atoms with Crippen LogP contribution in [0.4, 0.5) is 0 Å². The molecular weight excluding hydrogens is 186 g/mol. The number of aromatic nitrogens is 1. The van der Waals surface area contributed by atoms with Gasteiger partial charge in [-0.1, -0.05) is 33.8 Å². The van der Waals surface area contributed by atoms with E-state index in [0.717, 1.165) is 18.4 Å². The molecule has 1 heterocycles. The van der Waals surface area contributed by atoms with Gasteiger partial charge in [0.2, 0.25) is 5.88 Å². The lowest BCUT2D eigenvalue weighted by atomic mass is 10.4. The quantitative estimate of drug-likeness (QED) is 0.752. The van der Waals surface area contributed by atoms with Gasteiger partial charge in [0.25, 0.3) is 0 Å². The molecule has 0 aromatic carbocycles. The highest BCUT2D eigenvalue weighted by Gasteiger charge is 2.21. The van der Waals surface area contributed by atoms with Crippen molar-refractivity contribution in [3.05, 3.63) is 24.4 Å². The molecule has 0 aliphatic heterocycles. The van der Waals surface area contributed by atoms with E-state index in [-0.39, 0.29) is 0 Å². The predicted octanol–water partition coefficient (Wildman–Crippen LogP) is 3.92. The SMILES string of the molecule is CC.CC.c1ccc(OCC2CC2)nc1. The van der Waals surface area contributed by atoms with Gasteiger partial charge in [0.05, 0.1) is 6.61 Å². The summed E-state index contributed by atoms with van der Waals surface area (Å²) in [5.74, 6) is 1.55. The molecule has 1 aromatic heterocycles. The molecule has 0 radical (unpaired) electrons. The Kier molecular flexibility index (Phi) is 8.84. The maximum atomic E-state index is 5.42. The molecule has 1 aliphatic rings. The van der Waals surface area contributed by atoms with Crippen molar-refractivity contribution in [2.75, 3.05) is 6.61 Å². The largest absolute Gasteiger partial charge is 0.477 e. The van der Waals surface area contributed by atoms with Gasteiger partial charge in [0, 0.05) is 12.3 Å². The van der Waals surface area contributed by atoms with Crippen LogP contribution in [0.5, 0.6) is 5.88 Å². The predicted molar refractivity (Wildman–Crippen MR) is 65.2 cm³/mol. The fourth-order valence-corrected chi connectivity index (χ4v) is 0.920. The summed E-state index contributed by atoms with van der Waals surface area (Å²) in [6, 6.07) is 5.72.